The Morgan fingerprint density at radius 3 is 2.81 bits per heavy atom. The van der Waals surface area contributed by atoms with Crippen molar-refractivity contribution in [2.45, 2.75) is 26.7 Å². The standard InChI is InChI=1S/C15H20N2O4/c1-10-4-3-5-17(8-10)14(19)9-21-15(20)13-6-12(7-16-13)11(2)18/h6-7,10,16H,3-5,8-9H2,1-2H3/t10-/m0/s1. The summed E-state index contributed by atoms with van der Waals surface area (Å²) in [5, 5.41) is 0. The van der Waals surface area contributed by atoms with E-state index < -0.39 is 5.97 Å². The quantitative estimate of drug-likeness (QED) is 0.675. The first kappa shape index (κ1) is 15.3. The molecule has 6 heteroatoms. The number of Topliss-reactive ketones (excluding diaryl/α,β-unsaturated/α-hetero) is 1. The number of ether oxygens (including phenoxy) is 1. The van der Waals surface area contributed by atoms with Crippen molar-refractivity contribution in [2.24, 2.45) is 5.92 Å². The maximum absolute atomic E-state index is 12.0. The van der Waals surface area contributed by atoms with Gasteiger partial charge in [-0.05, 0) is 31.7 Å². The van der Waals surface area contributed by atoms with Crippen molar-refractivity contribution < 1.29 is 19.1 Å². The molecule has 6 nitrogen and oxygen atoms in total. The van der Waals surface area contributed by atoms with E-state index in [1.807, 2.05) is 0 Å². The predicted molar refractivity (Wildman–Crippen MR) is 76.1 cm³/mol. The molecule has 1 atom stereocenters. The molecule has 1 aromatic rings. The highest BCUT2D eigenvalue weighted by atomic mass is 16.5. The molecule has 0 saturated carbocycles. The van der Waals surface area contributed by atoms with Crippen molar-refractivity contribution in [3.63, 3.8) is 0 Å². The lowest BCUT2D eigenvalue weighted by Crippen LogP contribution is -2.41. The highest BCUT2D eigenvalue weighted by Gasteiger charge is 2.22. The summed E-state index contributed by atoms with van der Waals surface area (Å²) in [6, 6.07) is 1.43. The number of piperidine rings is 1. The van der Waals surface area contributed by atoms with Gasteiger partial charge in [-0.15, -0.1) is 0 Å². The summed E-state index contributed by atoms with van der Waals surface area (Å²) in [7, 11) is 0. The Labute approximate surface area is 123 Å². The Morgan fingerprint density at radius 2 is 2.19 bits per heavy atom. The minimum Gasteiger partial charge on any atom is -0.451 e. The second-order valence-corrected chi connectivity index (χ2v) is 5.52. The van der Waals surface area contributed by atoms with Crippen LogP contribution >= 0.6 is 0 Å². The van der Waals surface area contributed by atoms with Gasteiger partial charge in [0.05, 0.1) is 0 Å². The summed E-state index contributed by atoms with van der Waals surface area (Å²) in [6.45, 7) is 4.69. The van der Waals surface area contributed by atoms with Gasteiger partial charge in [0.2, 0.25) is 0 Å². The number of carbonyl (C=O) groups excluding carboxylic acids is 3. The molecule has 0 radical (unpaired) electrons. The highest BCUT2D eigenvalue weighted by molar-refractivity contribution is 5.97. The summed E-state index contributed by atoms with van der Waals surface area (Å²) < 4.78 is 5.00. The van der Waals surface area contributed by atoms with Crippen LogP contribution in [0.4, 0.5) is 0 Å². The van der Waals surface area contributed by atoms with Crippen molar-refractivity contribution in [1.82, 2.24) is 9.88 Å². The molecule has 0 unspecified atom stereocenters. The number of aromatic amines is 1. The third-order valence-electron chi connectivity index (χ3n) is 3.65. The van der Waals surface area contributed by atoms with Gasteiger partial charge in [0.1, 0.15) is 5.69 Å². The van der Waals surface area contributed by atoms with Crippen molar-refractivity contribution in [1.29, 1.82) is 0 Å². The number of carbonyl (C=O) groups is 3. The second kappa shape index (κ2) is 6.56. The predicted octanol–water partition coefficient (Wildman–Crippen LogP) is 1.63. The number of ketones is 1. The molecule has 0 spiro atoms. The fourth-order valence-corrected chi connectivity index (χ4v) is 2.43. The molecule has 1 aliphatic rings. The smallest absolute Gasteiger partial charge is 0.355 e. The van der Waals surface area contributed by atoms with Gasteiger partial charge < -0.3 is 14.6 Å². The van der Waals surface area contributed by atoms with Gasteiger partial charge in [0.15, 0.2) is 12.4 Å². The highest BCUT2D eigenvalue weighted by Crippen LogP contribution is 2.15. The van der Waals surface area contributed by atoms with Crippen molar-refractivity contribution >= 4 is 17.7 Å². The van der Waals surface area contributed by atoms with E-state index in [1.165, 1.54) is 19.2 Å². The summed E-state index contributed by atoms with van der Waals surface area (Å²) in [5.41, 5.74) is 0.596. The van der Waals surface area contributed by atoms with Crippen LogP contribution in [0.15, 0.2) is 12.3 Å². The van der Waals surface area contributed by atoms with E-state index in [-0.39, 0.29) is 24.0 Å². The number of H-pyrrole nitrogens is 1. The maximum Gasteiger partial charge on any atom is 0.355 e. The van der Waals surface area contributed by atoms with Gasteiger partial charge >= 0.3 is 5.97 Å². The van der Waals surface area contributed by atoms with Gasteiger partial charge in [-0.1, -0.05) is 6.92 Å². The second-order valence-electron chi connectivity index (χ2n) is 5.52. The first-order valence-corrected chi connectivity index (χ1v) is 7.11. The first-order chi connectivity index (χ1) is 9.97. The zero-order valence-corrected chi connectivity index (χ0v) is 12.3. The van der Waals surface area contributed by atoms with Gasteiger partial charge in [-0.2, -0.15) is 0 Å². The molecule has 2 heterocycles. The lowest BCUT2D eigenvalue weighted by atomic mass is 10.0. The molecule has 114 valence electrons. The van der Waals surface area contributed by atoms with Gasteiger partial charge in [0, 0.05) is 24.8 Å². The molecule has 2 rings (SSSR count). The van der Waals surface area contributed by atoms with Crippen LogP contribution in [0.3, 0.4) is 0 Å². The maximum atomic E-state index is 12.0. The molecule has 0 aliphatic carbocycles. The molecule has 1 fully saturated rings. The average molecular weight is 292 g/mol. The fourth-order valence-electron chi connectivity index (χ4n) is 2.43. The van der Waals surface area contributed by atoms with Crippen LogP contribution in [0.5, 0.6) is 0 Å². The van der Waals surface area contributed by atoms with Crippen LogP contribution in [-0.2, 0) is 9.53 Å². The van der Waals surface area contributed by atoms with Crippen LogP contribution in [0.25, 0.3) is 0 Å². The van der Waals surface area contributed by atoms with Crippen LogP contribution < -0.4 is 0 Å². The largest absolute Gasteiger partial charge is 0.451 e. The lowest BCUT2D eigenvalue weighted by molar-refractivity contribution is -0.136. The number of amides is 1. The van der Waals surface area contributed by atoms with Gasteiger partial charge in [-0.3, -0.25) is 9.59 Å². The molecule has 1 saturated heterocycles. The minimum absolute atomic E-state index is 0.135. The number of nitrogens with zero attached hydrogens (tertiary/aromatic N) is 1. The molecular weight excluding hydrogens is 272 g/mol. The lowest BCUT2D eigenvalue weighted by Gasteiger charge is -2.30. The summed E-state index contributed by atoms with van der Waals surface area (Å²) >= 11 is 0. The van der Waals surface area contributed by atoms with Crippen LogP contribution in [0, 0.1) is 5.92 Å². The van der Waals surface area contributed by atoms with E-state index in [2.05, 4.69) is 11.9 Å². The van der Waals surface area contributed by atoms with Gasteiger partial charge in [-0.25, -0.2) is 4.79 Å². The first-order valence-electron chi connectivity index (χ1n) is 7.11. The van der Waals surface area contributed by atoms with E-state index in [0.29, 0.717) is 18.0 Å². The SMILES string of the molecule is CC(=O)c1c[nH]c(C(=O)OCC(=O)N2CCC[C@H](C)C2)c1. The molecule has 21 heavy (non-hydrogen) atoms. The van der Waals surface area contributed by atoms with Crippen molar-refractivity contribution in [2.75, 3.05) is 19.7 Å². The van der Waals surface area contributed by atoms with Crippen LogP contribution in [0.1, 0.15) is 47.5 Å². The summed E-state index contributed by atoms with van der Waals surface area (Å²) in [6.07, 6.45) is 3.56. The van der Waals surface area contributed by atoms with Crippen LogP contribution in [0.2, 0.25) is 0 Å². The summed E-state index contributed by atoms with van der Waals surface area (Å²) in [5.74, 6) is -0.447. The van der Waals surface area contributed by atoms with Crippen molar-refractivity contribution in [3.05, 3.63) is 23.5 Å². The van der Waals surface area contributed by atoms with E-state index in [1.54, 1.807) is 4.90 Å². The topological polar surface area (TPSA) is 79.5 Å². The number of rotatable bonds is 4. The summed E-state index contributed by atoms with van der Waals surface area (Å²) in [4.78, 5) is 39.3. The number of nitrogens with one attached hydrogen (secondary N) is 1. The number of likely N-dealkylation sites (tertiary alicyclic amines) is 1. The Morgan fingerprint density at radius 1 is 1.43 bits per heavy atom. The van der Waals surface area contributed by atoms with E-state index in [0.717, 1.165) is 19.4 Å². The Hall–Kier alpha value is -2.11. The third kappa shape index (κ3) is 3.93. The van der Waals surface area contributed by atoms with E-state index >= 15 is 0 Å². The Balaban J connectivity index is 1.85. The monoisotopic (exact) mass is 292 g/mol. The third-order valence-corrected chi connectivity index (χ3v) is 3.65. The van der Waals surface area contributed by atoms with Crippen molar-refractivity contribution in [3.8, 4) is 0 Å². The molecular formula is C15H20N2O4. The molecule has 1 aliphatic heterocycles. The Bertz CT molecular complexity index is 550. The minimum atomic E-state index is -0.624. The number of hydrogen-bond donors (Lipinski definition) is 1. The molecule has 0 bridgehead atoms. The normalized spacial score (nSPS) is 18.4. The molecule has 1 aromatic heterocycles. The molecule has 1 N–H and O–H groups in total. The number of esters is 1. The molecule has 1 amide bonds. The Kier molecular flexibility index (Phi) is 4.77. The van der Waals surface area contributed by atoms with E-state index in [4.69, 9.17) is 4.74 Å². The van der Waals surface area contributed by atoms with E-state index in [9.17, 15) is 14.4 Å². The number of hydrogen-bond acceptors (Lipinski definition) is 4. The zero-order valence-electron chi connectivity index (χ0n) is 12.3. The van der Waals surface area contributed by atoms with Gasteiger partial charge in [0.25, 0.3) is 5.91 Å². The fraction of sp³-hybridized carbons (Fsp3) is 0.533. The number of aromatic nitrogens is 1. The zero-order chi connectivity index (χ0) is 15.4. The molecule has 0 aromatic carbocycles. The average Bonchev–Trinajstić information content (AvgIpc) is 2.94. The van der Waals surface area contributed by atoms with Crippen LogP contribution in [-0.4, -0.2) is 47.2 Å².